The quantitative estimate of drug-likeness (QED) is 0.651. The first-order valence-corrected chi connectivity index (χ1v) is 12.6. The number of carboxylic acid groups (broad SMARTS) is 1. The van der Waals surface area contributed by atoms with Gasteiger partial charge in [-0.25, -0.2) is 4.79 Å². The van der Waals surface area contributed by atoms with Gasteiger partial charge in [-0.15, -0.1) is 0 Å². The lowest BCUT2D eigenvalue weighted by atomic mass is 9.78. The molecule has 182 valence electrons. The number of hydrogen-bond donors (Lipinski definition) is 2. The zero-order valence-corrected chi connectivity index (χ0v) is 19.6. The van der Waals surface area contributed by atoms with Crippen molar-refractivity contribution >= 4 is 18.0 Å². The van der Waals surface area contributed by atoms with E-state index in [-0.39, 0.29) is 42.9 Å². The van der Waals surface area contributed by atoms with Crippen molar-refractivity contribution in [1.29, 1.82) is 0 Å². The number of carboxylic acids is 1. The van der Waals surface area contributed by atoms with Crippen LogP contribution in [0.2, 0.25) is 0 Å². The number of alkyl carbamates (subject to hydrolysis) is 1. The maximum Gasteiger partial charge on any atom is 0.407 e. The minimum Gasteiger partial charge on any atom is -0.481 e. The van der Waals surface area contributed by atoms with E-state index >= 15 is 0 Å². The van der Waals surface area contributed by atoms with Crippen LogP contribution in [0.5, 0.6) is 0 Å². The summed E-state index contributed by atoms with van der Waals surface area (Å²) in [6.45, 7) is 0.266. The number of amides is 2. The molecule has 7 nitrogen and oxygen atoms in total. The smallest absolute Gasteiger partial charge is 0.407 e. The summed E-state index contributed by atoms with van der Waals surface area (Å²) in [7, 11) is 0. The molecule has 6 rings (SSSR count). The third-order valence-corrected chi connectivity index (χ3v) is 8.63. The molecule has 2 heterocycles. The molecule has 2 bridgehead atoms. The Morgan fingerprint density at radius 3 is 2.17 bits per heavy atom. The normalized spacial score (nSPS) is 28.2. The molecule has 0 spiro atoms. The van der Waals surface area contributed by atoms with Gasteiger partial charge in [0.1, 0.15) is 6.61 Å². The molecule has 4 aliphatic rings. The van der Waals surface area contributed by atoms with Gasteiger partial charge in [-0.2, -0.15) is 0 Å². The topological polar surface area (TPSA) is 95.9 Å². The van der Waals surface area contributed by atoms with Gasteiger partial charge in [0, 0.05) is 23.9 Å². The van der Waals surface area contributed by atoms with Crippen LogP contribution >= 0.6 is 0 Å². The highest BCUT2D eigenvalue weighted by molar-refractivity contribution is 5.83. The maximum atomic E-state index is 13.2. The van der Waals surface area contributed by atoms with E-state index in [0.717, 1.165) is 25.7 Å². The van der Waals surface area contributed by atoms with E-state index in [1.54, 1.807) is 0 Å². The van der Waals surface area contributed by atoms with Gasteiger partial charge >= 0.3 is 12.1 Å². The number of nitrogens with one attached hydrogen (secondary N) is 1. The molecule has 0 unspecified atom stereocenters. The van der Waals surface area contributed by atoms with Gasteiger partial charge in [-0.05, 0) is 60.8 Å². The average Bonchev–Trinajstić information content (AvgIpc) is 3.46. The standard InChI is InChI=1S/C28H30N2O5/c31-25(32)15-28-11-9-19(10-12-28)30(28)26(33)17-13-18(14-17)29-27(34)35-16-24-22-7-3-1-5-20(22)21-6-2-4-8-23(21)24/h1-8,17-19,24H,9-16H2,(H,29,34)(H,31,32). The highest BCUT2D eigenvalue weighted by Crippen LogP contribution is 2.50. The Balaban J connectivity index is 1.03. The number of aliphatic carboxylic acids is 1. The van der Waals surface area contributed by atoms with E-state index in [2.05, 4.69) is 29.6 Å². The molecule has 2 amide bonds. The Morgan fingerprint density at radius 2 is 1.57 bits per heavy atom. The van der Waals surface area contributed by atoms with Crippen LogP contribution in [0.4, 0.5) is 4.79 Å². The molecule has 0 aromatic heterocycles. The number of benzene rings is 2. The summed E-state index contributed by atoms with van der Waals surface area (Å²) >= 11 is 0. The molecule has 1 saturated carbocycles. The SMILES string of the molecule is O=C(O)CC12CCC(CC1)N2C(=O)C1CC(NC(=O)OCC2c3ccccc3-c3ccccc32)C1. The van der Waals surface area contributed by atoms with Gasteiger partial charge in [0.05, 0.1) is 12.0 Å². The molecule has 2 aromatic carbocycles. The van der Waals surface area contributed by atoms with Gasteiger partial charge in [0.2, 0.25) is 5.91 Å². The monoisotopic (exact) mass is 474 g/mol. The Bertz CT molecular complexity index is 1130. The van der Waals surface area contributed by atoms with E-state index in [9.17, 15) is 19.5 Å². The van der Waals surface area contributed by atoms with Gasteiger partial charge in [-0.1, -0.05) is 48.5 Å². The summed E-state index contributed by atoms with van der Waals surface area (Å²) in [5.74, 6) is -0.911. The number of fused-ring (bicyclic) bond motifs is 5. The van der Waals surface area contributed by atoms with Crippen LogP contribution < -0.4 is 5.32 Å². The highest BCUT2D eigenvalue weighted by atomic mass is 16.5. The minimum atomic E-state index is -0.839. The fraction of sp³-hybridized carbons (Fsp3) is 0.464. The molecule has 2 N–H and O–H groups in total. The predicted octanol–water partition coefficient (Wildman–Crippen LogP) is 4.30. The maximum absolute atomic E-state index is 13.2. The van der Waals surface area contributed by atoms with Crippen molar-refractivity contribution in [3.05, 3.63) is 59.7 Å². The molecule has 0 radical (unpaired) electrons. The van der Waals surface area contributed by atoms with Crippen molar-refractivity contribution in [2.24, 2.45) is 5.92 Å². The molecule has 3 fully saturated rings. The van der Waals surface area contributed by atoms with E-state index < -0.39 is 17.6 Å². The third kappa shape index (κ3) is 3.68. The molecular weight excluding hydrogens is 444 g/mol. The number of nitrogens with zero attached hydrogens (tertiary/aromatic N) is 1. The van der Waals surface area contributed by atoms with Crippen LogP contribution in [-0.2, 0) is 14.3 Å². The number of carbonyl (C=O) groups excluding carboxylic acids is 2. The minimum absolute atomic E-state index is 0.0138. The Kier molecular flexibility index (Phi) is 5.31. The van der Waals surface area contributed by atoms with Crippen molar-refractivity contribution in [1.82, 2.24) is 10.2 Å². The van der Waals surface area contributed by atoms with E-state index in [4.69, 9.17) is 4.74 Å². The van der Waals surface area contributed by atoms with Gasteiger partial charge < -0.3 is 20.1 Å². The molecular formula is C28H30N2O5. The fourth-order valence-electron chi connectivity index (χ4n) is 6.92. The summed E-state index contributed by atoms with van der Waals surface area (Å²) in [5, 5.41) is 12.3. The van der Waals surface area contributed by atoms with Crippen LogP contribution in [0.15, 0.2) is 48.5 Å². The first-order valence-electron chi connectivity index (χ1n) is 12.6. The number of carbonyl (C=O) groups is 3. The molecule has 7 heteroatoms. The second-order valence-electron chi connectivity index (χ2n) is 10.6. The lowest BCUT2D eigenvalue weighted by Gasteiger charge is -2.41. The number of rotatable bonds is 6. The lowest BCUT2D eigenvalue weighted by Crippen LogP contribution is -2.54. The zero-order valence-electron chi connectivity index (χ0n) is 19.6. The second kappa shape index (κ2) is 8.40. The summed E-state index contributed by atoms with van der Waals surface area (Å²) in [5.41, 5.74) is 4.22. The van der Waals surface area contributed by atoms with Crippen LogP contribution in [0, 0.1) is 5.92 Å². The Labute approximate surface area is 204 Å². The Hall–Kier alpha value is -3.35. The predicted molar refractivity (Wildman–Crippen MR) is 129 cm³/mol. The van der Waals surface area contributed by atoms with Gasteiger partial charge in [0.25, 0.3) is 0 Å². The van der Waals surface area contributed by atoms with Gasteiger partial charge in [-0.3, -0.25) is 9.59 Å². The van der Waals surface area contributed by atoms with E-state index in [1.807, 2.05) is 29.2 Å². The van der Waals surface area contributed by atoms with Crippen molar-refractivity contribution in [2.75, 3.05) is 6.61 Å². The molecule has 2 saturated heterocycles. The summed E-state index contributed by atoms with van der Waals surface area (Å²) in [6, 6.07) is 16.5. The first kappa shape index (κ1) is 22.1. The third-order valence-electron chi connectivity index (χ3n) is 8.63. The first-order chi connectivity index (χ1) is 16.9. The molecule has 2 aliphatic heterocycles. The summed E-state index contributed by atoms with van der Waals surface area (Å²) in [6.07, 6.45) is 4.09. The van der Waals surface area contributed by atoms with Crippen LogP contribution in [-0.4, -0.2) is 52.2 Å². The number of hydrogen-bond acceptors (Lipinski definition) is 4. The van der Waals surface area contributed by atoms with Crippen molar-refractivity contribution in [3.63, 3.8) is 0 Å². The summed E-state index contributed by atoms with van der Waals surface area (Å²) < 4.78 is 5.63. The Morgan fingerprint density at radius 1 is 0.971 bits per heavy atom. The van der Waals surface area contributed by atoms with Crippen LogP contribution in [0.3, 0.4) is 0 Å². The molecule has 35 heavy (non-hydrogen) atoms. The molecule has 2 aliphatic carbocycles. The van der Waals surface area contributed by atoms with Crippen molar-refractivity contribution in [3.8, 4) is 11.1 Å². The highest BCUT2D eigenvalue weighted by Gasteiger charge is 2.56. The summed E-state index contributed by atoms with van der Waals surface area (Å²) in [4.78, 5) is 39.1. The van der Waals surface area contributed by atoms with Crippen molar-refractivity contribution in [2.45, 2.75) is 68.5 Å². The molecule has 2 aromatic rings. The van der Waals surface area contributed by atoms with Gasteiger partial charge in [0.15, 0.2) is 0 Å². The molecule has 0 atom stereocenters. The van der Waals surface area contributed by atoms with Crippen LogP contribution in [0.1, 0.15) is 62.0 Å². The second-order valence-corrected chi connectivity index (χ2v) is 10.6. The zero-order chi connectivity index (χ0) is 24.2. The van der Waals surface area contributed by atoms with E-state index in [1.165, 1.54) is 22.3 Å². The number of ether oxygens (including phenoxy) is 1. The van der Waals surface area contributed by atoms with Crippen LogP contribution in [0.25, 0.3) is 11.1 Å². The largest absolute Gasteiger partial charge is 0.481 e. The fourth-order valence-corrected chi connectivity index (χ4v) is 6.92. The van der Waals surface area contributed by atoms with Crippen molar-refractivity contribution < 1.29 is 24.2 Å². The lowest BCUT2D eigenvalue weighted by molar-refractivity contribution is -0.147. The average molecular weight is 475 g/mol. The van der Waals surface area contributed by atoms with E-state index in [0.29, 0.717) is 12.8 Å².